The first-order valence-electron chi connectivity index (χ1n) is 6.33. The van der Waals surface area contributed by atoms with Gasteiger partial charge in [-0.05, 0) is 24.6 Å². The molecule has 1 heterocycles. The third-order valence-corrected chi connectivity index (χ3v) is 3.03. The van der Waals surface area contributed by atoms with Crippen molar-refractivity contribution in [3.05, 3.63) is 48.2 Å². The van der Waals surface area contributed by atoms with Gasteiger partial charge in [0.25, 0.3) is 0 Å². The molecule has 5 heteroatoms. The Hall–Kier alpha value is -2.56. The molecule has 1 aromatic heterocycles. The number of para-hydroxylation sites is 1. The summed E-state index contributed by atoms with van der Waals surface area (Å²) in [5.41, 5.74) is 1.82. The fourth-order valence-corrected chi connectivity index (χ4v) is 2.09. The number of carboxylic acids is 1. The molecule has 0 aliphatic heterocycles. The highest BCUT2D eigenvalue weighted by Gasteiger charge is 2.20. The molecule has 2 aromatic rings. The fraction of sp³-hybridized carbons (Fsp3) is 0.200. The van der Waals surface area contributed by atoms with Gasteiger partial charge in [0.2, 0.25) is 5.91 Å². The van der Waals surface area contributed by atoms with Crippen LogP contribution in [0.3, 0.4) is 0 Å². The summed E-state index contributed by atoms with van der Waals surface area (Å²) < 4.78 is 0. The number of carbonyl (C=O) groups is 2. The highest BCUT2D eigenvalue weighted by atomic mass is 16.4. The van der Waals surface area contributed by atoms with Gasteiger partial charge >= 0.3 is 5.97 Å². The Morgan fingerprint density at radius 3 is 2.85 bits per heavy atom. The second kappa shape index (κ2) is 6.06. The molecule has 3 N–H and O–H groups in total. The Morgan fingerprint density at radius 2 is 2.15 bits per heavy atom. The molecule has 0 bridgehead atoms. The van der Waals surface area contributed by atoms with Crippen molar-refractivity contribution in [3.63, 3.8) is 0 Å². The number of fused-ring (bicyclic) bond motifs is 1. The van der Waals surface area contributed by atoms with Crippen molar-refractivity contribution in [1.29, 1.82) is 0 Å². The Kier molecular flexibility index (Phi) is 4.20. The van der Waals surface area contributed by atoms with Crippen LogP contribution in [0.4, 0.5) is 0 Å². The molecule has 20 heavy (non-hydrogen) atoms. The first-order chi connectivity index (χ1) is 9.61. The molecule has 0 saturated carbocycles. The van der Waals surface area contributed by atoms with Gasteiger partial charge in [0.05, 0.1) is 0 Å². The van der Waals surface area contributed by atoms with E-state index in [-0.39, 0.29) is 6.42 Å². The van der Waals surface area contributed by atoms with Gasteiger partial charge in [0, 0.05) is 23.5 Å². The van der Waals surface area contributed by atoms with E-state index < -0.39 is 17.9 Å². The van der Waals surface area contributed by atoms with E-state index in [0.29, 0.717) is 0 Å². The Labute approximate surface area is 116 Å². The van der Waals surface area contributed by atoms with Gasteiger partial charge in [-0.2, -0.15) is 0 Å². The molecule has 104 valence electrons. The molecule has 0 unspecified atom stereocenters. The zero-order valence-corrected chi connectivity index (χ0v) is 11.1. The van der Waals surface area contributed by atoms with Crippen LogP contribution in [0.1, 0.15) is 12.5 Å². The monoisotopic (exact) mass is 272 g/mol. The summed E-state index contributed by atoms with van der Waals surface area (Å²) in [4.78, 5) is 25.8. The number of hydrogen-bond acceptors (Lipinski definition) is 2. The standard InChI is InChI=1S/C15H16N2O3/c1-2-5-14(18)17-13(15(19)20)8-10-9-16-12-7-4-3-6-11(10)12/h2-7,9,13,16H,8H2,1H3,(H,17,18)(H,19,20)/b5-2+/t13-/m0/s1. The molecule has 0 aliphatic carbocycles. The quantitative estimate of drug-likeness (QED) is 0.726. The Balaban J connectivity index is 2.20. The number of carbonyl (C=O) groups excluding carboxylic acids is 1. The molecule has 1 atom stereocenters. The van der Waals surface area contributed by atoms with Crippen LogP contribution in [-0.2, 0) is 16.0 Å². The minimum atomic E-state index is -1.05. The highest BCUT2D eigenvalue weighted by molar-refractivity contribution is 5.91. The summed E-state index contributed by atoms with van der Waals surface area (Å²) in [6.07, 6.45) is 4.90. The van der Waals surface area contributed by atoms with Crippen LogP contribution in [0.15, 0.2) is 42.6 Å². The number of rotatable bonds is 5. The third-order valence-electron chi connectivity index (χ3n) is 3.03. The summed E-state index contributed by atoms with van der Waals surface area (Å²) in [6, 6.07) is 6.71. The van der Waals surface area contributed by atoms with Gasteiger partial charge < -0.3 is 15.4 Å². The zero-order valence-electron chi connectivity index (χ0n) is 11.1. The van der Waals surface area contributed by atoms with Crippen molar-refractivity contribution < 1.29 is 14.7 Å². The van der Waals surface area contributed by atoms with E-state index in [4.69, 9.17) is 0 Å². The minimum Gasteiger partial charge on any atom is -0.480 e. The summed E-state index contributed by atoms with van der Waals surface area (Å²) in [5, 5.41) is 12.7. The van der Waals surface area contributed by atoms with Crippen LogP contribution in [-0.4, -0.2) is 28.0 Å². The summed E-state index contributed by atoms with van der Waals surface area (Å²) in [5.74, 6) is -1.45. The lowest BCUT2D eigenvalue weighted by Gasteiger charge is -2.12. The molecule has 0 aliphatic rings. The van der Waals surface area contributed by atoms with Crippen LogP contribution in [0.25, 0.3) is 10.9 Å². The molecule has 1 amide bonds. The molecular weight excluding hydrogens is 256 g/mol. The normalized spacial score (nSPS) is 12.7. The van der Waals surface area contributed by atoms with Gasteiger partial charge in [-0.3, -0.25) is 4.79 Å². The second-order valence-corrected chi connectivity index (χ2v) is 4.46. The second-order valence-electron chi connectivity index (χ2n) is 4.46. The fourth-order valence-electron chi connectivity index (χ4n) is 2.09. The Bertz CT molecular complexity index is 658. The van der Waals surface area contributed by atoms with Crippen molar-refractivity contribution in [2.45, 2.75) is 19.4 Å². The van der Waals surface area contributed by atoms with Gasteiger partial charge in [-0.15, -0.1) is 0 Å². The summed E-state index contributed by atoms with van der Waals surface area (Å²) in [6.45, 7) is 1.70. The SMILES string of the molecule is C/C=C/C(=O)N[C@@H](Cc1c[nH]c2ccccc12)C(=O)O. The van der Waals surface area contributed by atoms with Crippen molar-refractivity contribution in [3.8, 4) is 0 Å². The van der Waals surface area contributed by atoms with E-state index in [2.05, 4.69) is 10.3 Å². The van der Waals surface area contributed by atoms with E-state index in [1.807, 2.05) is 24.3 Å². The maximum absolute atomic E-state index is 11.5. The van der Waals surface area contributed by atoms with E-state index >= 15 is 0 Å². The average Bonchev–Trinajstić information content (AvgIpc) is 2.82. The van der Waals surface area contributed by atoms with Crippen molar-refractivity contribution in [2.75, 3.05) is 0 Å². The van der Waals surface area contributed by atoms with Gasteiger partial charge in [0.15, 0.2) is 0 Å². The first kappa shape index (κ1) is 13.9. The van der Waals surface area contributed by atoms with Crippen LogP contribution < -0.4 is 5.32 Å². The molecule has 0 saturated heterocycles. The highest BCUT2D eigenvalue weighted by Crippen LogP contribution is 2.19. The van der Waals surface area contributed by atoms with Crippen molar-refractivity contribution >= 4 is 22.8 Å². The number of amides is 1. The van der Waals surface area contributed by atoms with Gasteiger partial charge in [-0.25, -0.2) is 4.79 Å². The number of H-pyrrole nitrogens is 1. The predicted molar refractivity (Wildman–Crippen MR) is 76.4 cm³/mol. The van der Waals surface area contributed by atoms with E-state index in [1.165, 1.54) is 6.08 Å². The molecule has 0 radical (unpaired) electrons. The smallest absolute Gasteiger partial charge is 0.326 e. The van der Waals surface area contributed by atoms with Crippen LogP contribution in [0, 0.1) is 0 Å². The lowest BCUT2D eigenvalue weighted by molar-refractivity contribution is -0.141. The van der Waals surface area contributed by atoms with E-state index in [0.717, 1.165) is 16.5 Å². The zero-order chi connectivity index (χ0) is 14.5. The molecular formula is C15H16N2O3. The lowest BCUT2D eigenvalue weighted by Crippen LogP contribution is -2.41. The maximum Gasteiger partial charge on any atom is 0.326 e. The summed E-state index contributed by atoms with van der Waals surface area (Å²) >= 11 is 0. The minimum absolute atomic E-state index is 0.239. The van der Waals surface area contributed by atoms with Crippen LogP contribution >= 0.6 is 0 Å². The number of carboxylic acid groups (broad SMARTS) is 1. The number of aromatic amines is 1. The van der Waals surface area contributed by atoms with Crippen molar-refractivity contribution in [2.24, 2.45) is 0 Å². The van der Waals surface area contributed by atoms with Crippen molar-refractivity contribution in [1.82, 2.24) is 10.3 Å². The van der Waals surface area contributed by atoms with E-state index in [9.17, 15) is 14.7 Å². The number of allylic oxidation sites excluding steroid dienone is 1. The number of benzene rings is 1. The molecule has 5 nitrogen and oxygen atoms in total. The van der Waals surface area contributed by atoms with E-state index in [1.54, 1.807) is 19.2 Å². The van der Waals surface area contributed by atoms with Crippen LogP contribution in [0.5, 0.6) is 0 Å². The predicted octanol–water partition coefficient (Wildman–Crippen LogP) is 1.86. The molecule has 0 fully saturated rings. The molecule has 0 spiro atoms. The maximum atomic E-state index is 11.5. The largest absolute Gasteiger partial charge is 0.480 e. The van der Waals surface area contributed by atoms with Gasteiger partial charge in [-0.1, -0.05) is 24.3 Å². The number of aliphatic carboxylic acids is 1. The number of hydrogen-bond donors (Lipinski definition) is 3. The summed E-state index contributed by atoms with van der Waals surface area (Å²) in [7, 11) is 0. The Morgan fingerprint density at radius 1 is 1.40 bits per heavy atom. The average molecular weight is 272 g/mol. The molecule has 2 rings (SSSR count). The van der Waals surface area contributed by atoms with Gasteiger partial charge in [0.1, 0.15) is 6.04 Å². The third kappa shape index (κ3) is 3.06. The first-order valence-corrected chi connectivity index (χ1v) is 6.33. The number of aromatic nitrogens is 1. The lowest BCUT2D eigenvalue weighted by atomic mass is 10.0. The molecule has 1 aromatic carbocycles. The number of nitrogens with one attached hydrogen (secondary N) is 2. The van der Waals surface area contributed by atoms with Crippen LogP contribution in [0.2, 0.25) is 0 Å². The topological polar surface area (TPSA) is 82.2 Å².